The van der Waals surface area contributed by atoms with Crippen LogP contribution in [0.4, 0.5) is 8.78 Å². The van der Waals surface area contributed by atoms with Crippen molar-refractivity contribution in [2.75, 3.05) is 0 Å². The zero-order valence-electron chi connectivity index (χ0n) is 19.3. The predicted octanol–water partition coefficient (Wildman–Crippen LogP) is 8.77. The van der Waals surface area contributed by atoms with Crippen molar-refractivity contribution in [2.45, 2.75) is 89.9 Å². The van der Waals surface area contributed by atoms with E-state index < -0.39 is 11.6 Å². The summed E-state index contributed by atoms with van der Waals surface area (Å²) in [5.74, 6) is 3.24. The minimum Gasteiger partial charge on any atom is -0.203 e. The molecule has 1 aromatic carbocycles. The first-order valence-corrected chi connectivity index (χ1v) is 12.8. The van der Waals surface area contributed by atoms with Gasteiger partial charge in [-0.1, -0.05) is 30.4 Å². The van der Waals surface area contributed by atoms with Crippen LogP contribution in [-0.4, -0.2) is 0 Å². The molecule has 170 valence electrons. The summed E-state index contributed by atoms with van der Waals surface area (Å²) in [4.78, 5) is 0. The summed E-state index contributed by atoms with van der Waals surface area (Å²) in [6.45, 7) is 5.98. The highest BCUT2D eigenvalue weighted by atomic mass is 19.2. The first kappa shape index (κ1) is 22.7. The second-order valence-corrected chi connectivity index (χ2v) is 10.6. The second kappa shape index (κ2) is 10.5. The van der Waals surface area contributed by atoms with Crippen molar-refractivity contribution in [3.8, 4) is 0 Å². The van der Waals surface area contributed by atoms with E-state index in [1.165, 1.54) is 51.4 Å². The Bertz CT molecular complexity index is 771. The Morgan fingerprint density at radius 3 is 2.19 bits per heavy atom. The van der Waals surface area contributed by atoms with E-state index in [2.05, 4.69) is 12.7 Å². The number of allylic oxidation sites excluding steroid dienone is 3. The van der Waals surface area contributed by atoms with Crippen LogP contribution in [0.3, 0.4) is 0 Å². The van der Waals surface area contributed by atoms with Gasteiger partial charge in [0.2, 0.25) is 0 Å². The van der Waals surface area contributed by atoms with Gasteiger partial charge in [0.05, 0.1) is 0 Å². The van der Waals surface area contributed by atoms with E-state index in [-0.39, 0.29) is 5.92 Å². The molecule has 0 heterocycles. The lowest BCUT2D eigenvalue weighted by atomic mass is 9.61. The smallest absolute Gasteiger partial charge is 0.162 e. The van der Waals surface area contributed by atoms with Gasteiger partial charge in [-0.05, 0) is 131 Å². The average Bonchev–Trinajstić information content (AvgIpc) is 2.81. The fourth-order valence-electron chi connectivity index (χ4n) is 7.02. The van der Waals surface area contributed by atoms with Gasteiger partial charge in [-0.25, -0.2) is 8.78 Å². The maximum atomic E-state index is 14.9. The second-order valence-electron chi connectivity index (χ2n) is 10.6. The Kier molecular flexibility index (Phi) is 7.67. The maximum absolute atomic E-state index is 14.9. The lowest BCUT2D eigenvalue weighted by Crippen LogP contribution is -2.34. The van der Waals surface area contributed by atoms with Gasteiger partial charge >= 0.3 is 0 Å². The molecule has 4 rings (SSSR count). The van der Waals surface area contributed by atoms with Crippen molar-refractivity contribution >= 4 is 0 Å². The van der Waals surface area contributed by atoms with Crippen LogP contribution in [0.1, 0.15) is 94.6 Å². The molecule has 31 heavy (non-hydrogen) atoms. The minimum absolute atomic E-state index is 0.190. The van der Waals surface area contributed by atoms with E-state index in [1.54, 1.807) is 0 Å². The number of fused-ring (bicyclic) bond motifs is 1. The van der Waals surface area contributed by atoms with Gasteiger partial charge in [0.15, 0.2) is 11.6 Å². The first-order valence-electron chi connectivity index (χ1n) is 12.8. The van der Waals surface area contributed by atoms with Gasteiger partial charge in [-0.15, -0.1) is 6.58 Å². The highest BCUT2D eigenvalue weighted by Gasteiger charge is 2.38. The van der Waals surface area contributed by atoms with Gasteiger partial charge in [0.25, 0.3) is 0 Å². The van der Waals surface area contributed by atoms with Crippen LogP contribution in [0.5, 0.6) is 0 Å². The van der Waals surface area contributed by atoms with Crippen LogP contribution in [-0.2, 0) is 6.42 Å². The topological polar surface area (TPSA) is 0 Å². The molecule has 0 radical (unpaired) electrons. The molecule has 0 nitrogen and oxygen atoms in total. The molecular weight excluding hydrogens is 386 g/mol. The van der Waals surface area contributed by atoms with Crippen molar-refractivity contribution in [1.82, 2.24) is 0 Å². The standard InChI is InChI=1S/C29H40F2/c1-3-5-6-7-23-16-17-27(29(31)28(23)30)22-12-10-21(11-13-22)25-15-14-24-18-20(4-2)8-9-26(24)19-25/h3-5,16-17,20-22,24-26H,2,6-15,18-19H2,1H3/b5-3+. The summed E-state index contributed by atoms with van der Waals surface area (Å²) < 4.78 is 29.5. The van der Waals surface area contributed by atoms with Crippen molar-refractivity contribution in [1.29, 1.82) is 0 Å². The molecule has 0 amide bonds. The molecule has 0 spiro atoms. The number of hydrogen-bond acceptors (Lipinski definition) is 0. The molecule has 1 aromatic rings. The van der Waals surface area contributed by atoms with E-state index in [4.69, 9.17) is 0 Å². The zero-order chi connectivity index (χ0) is 21.8. The molecule has 4 atom stereocenters. The molecule has 2 heteroatoms. The molecular formula is C29H40F2. The van der Waals surface area contributed by atoms with Crippen LogP contribution in [0.2, 0.25) is 0 Å². The molecule has 0 aromatic heterocycles. The molecule has 0 bridgehead atoms. The quantitative estimate of drug-likeness (QED) is 0.399. The van der Waals surface area contributed by atoms with Crippen LogP contribution >= 0.6 is 0 Å². The first-order chi connectivity index (χ1) is 15.1. The number of rotatable bonds is 6. The van der Waals surface area contributed by atoms with Crippen LogP contribution < -0.4 is 0 Å². The molecule has 0 saturated heterocycles. The predicted molar refractivity (Wildman–Crippen MR) is 126 cm³/mol. The third kappa shape index (κ3) is 5.15. The summed E-state index contributed by atoms with van der Waals surface area (Å²) in [6.07, 6.45) is 20.1. The van der Waals surface area contributed by atoms with Gasteiger partial charge in [0, 0.05) is 0 Å². The molecule has 4 unspecified atom stereocenters. The van der Waals surface area contributed by atoms with Crippen molar-refractivity contribution < 1.29 is 8.78 Å². The summed E-state index contributed by atoms with van der Waals surface area (Å²) >= 11 is 0. The van der Waals surface area contributed by atoms with E-state index >= 15 is 0 Å². The Morgan fingerprint density at radius 1 is 0.839 bits per heavy atom. The van der Waals surface area contributed by atoms with Crippen molar-refractivity contribution in [3.63, 3.8) is 0 Å². The number of benzene rings is 1. The lowest BCUT2D eigenvalue weighted by Gasteiger charge is -2.45. The Hall–Kier alpha value is -1.44. The van der Waals surface area contributed by atoms with Crippen LogP contribution in [0, 0.1) is 41.2 Å². The number of aryl methyl sites for hydroxylation is 1. The zero-order valence-corrected chi connectivity index (χ0v) is 19.3. The van der Waals surface area contributed by atoms with E-state index in [9.17, 15) is 8.78 Å². The summed E-state index contributed by atoms with van der Waals surface area (Å²) in [7, 11) is 0. The highest BCUT2D eigenvalue weighted by Crippen LogP contribution is 2.50. The van der Waals surface area contributed by atoms with Crippen molar-refractivity contribution in [2.24, 2.45) is 29.6 Å². The van der Waals surface area contributed by atoms with E-state index in [1.807, 2.05) is 31.2 Å². The Labute approximate surface area is 188 Å². The van der Waals surface area contributed by atoms with Gasteiger partial charge in [-0.2, -0.15) is 0 Å². The Balaban J connectivity index is 1.32. The SMILES string of the molecule is C=CC1CCC2CC(C3CCC(c4ccc(CC/C=C/C)c(F)c4F)CC3)CCC2C1. The summed E-state index contributed by atoms with van der Waals surface area (Å²) in [5.41, 5.74) is 1.13. The average molecular weight is 427 g/mol. The summed E-state index contributed by atoms with van der Waals surface area (Å²) in [5, 5.41) is 0. The largest absolute Gasteiger partial charge is 0.203 e. The Morgan fingerprint density at radius 2 is 1.48 bits per heavy atom. The number of halogens is 2. The van der Waals surface area contributed by atoms with Gasteiger partial charge in [0.1, 0.15) is 0 Å². The third-order valence-corrected chi connectivity index (χ3v) is 8.91. The molecule has 3 aliphatic carbocycles. The normalized spacial score (nSPS) is 33.9. The maximum Gasteiger partial charge on any atom is 0.162 e. The van der Waals surface area contributed by atoms with Crippen LogP contribution in [0.15, 0.2) is 36.9 Å². The molecule has 0 N–H and O–H groups in total. The van der Waals surface area contributed by atoms with Gasteiger partial charge in [-0.3, -0.25) is 0 Å². The third-order valence-electron chi connectivity index (χ3n) is 8.91. The molecule has 3 fully saturated rings. The fourth-order valence-corrected chi connectivity index (χ4v) is 7.02. The minimum atomic E-state index is -0.613. The molecule has 0 aliphatic heterocycles. The fraction of sp³-hybridized carbons (Fsp3) is 0.655. The highest BCUT2D eigenvalue weighted by molar-refractivity contribution is 5.29. The van der Waals surface area contributed by atoms with Crippen molar-refractivity contribution in [3.05, 3.63) is 59.7 Å². The number of hydrogen-bond donors (Lipinski definition) is 0. The van der Waals surface area contributed by atoms with Gasteiger partial charge < -0.3 is 0 Å². The van der Waals surface area contributed by atoms with Crippen LogP contribution in [0.25, 0.3) is 0 Å². The molecule has 3 aliphatic rings. The summed E-state index contributed by atoms with van der Waals surface area (Å²) in [6, 6.07) is 3.70. The van der Waals surface area contributed by atoms with E-state index in [0.29, 0.717) is 17.5 Å². The lowest BCUT2D eigenvalue weighted by molar-refractivity contribution is 0.0718. The monoisotopic (exact) mass is 426 g/mol. The molecule has 3 saturated carbocycles. The van der Waals surface area contributed by atoms with E-state index in [0.717, 1.165) is 48.9 Å².